The molecule has 286 valence electrons. The monoisotopic (exact) mass is 763 g/mol. The van der Waals surface area contributed by atoms with Crippen molar-refractivity contribution in [2.75, 3.05) is 13.2 Å². The molecule has 1 aliphatic rings. The first-order valence-corrected chi connectivity index (χ1v) is 18.0. The lowest BCUT2D eigenvalue weighted by atomic mass is 9.96. The number of carbonyl (C=O) groups excluding carboxylic acids is 4. The van der Waals surface area contributed by atoms with Gasteiger partial charge in [-0.25, -0.2) is 4.79 Å². The third-order valence-corrected chi connectivity index (χ3v) is 8.91. The van der Waals surface area contributed by atoms with E-state index < -0.39 is 66.8 Å². The predicted octanol–water partition coefficient (Wildman–Crippen LogP) is 4.94. The van der Waals surface area contributed by atoms with Gasteiger partial charge in [-0.2, -0.15) is 5.10 Å². The van der Waals surface area contributed by atoms with E-state index >= 15 is 0 Å². The number of aromatic nitrogens is 1. The first-order valence-electron chi connectivity index (χ1n) is 17.1. The molecule has 5 rings (SSSR count). The molecule has 16 heteroatoms. The number of ether oxygens (including phenoxy) is 6. The van der Waals surface area contributed by atoms with Gasteiger partial charge in [-0.1, -0.05) is 44.2 Å². The second kappa shape index (κ2) is 17.9. The number of hydrogen-bond donors (Lipinski definition) is 0. The number of carbonyl (C=O) groups is 4. The standard InChI is InChI=1S/C38H41N3O12S/c1-21(2)14-15-47-28-12-13-29-27(16-33(46)52-31(29)17-28)18-39-40-38-41(30(20-54-38)26-10-8-7-9-11-26)37-36(51-25(6)45)35(50-24(5)44)34(49-23(4)43)32(53-37)19-48-22(3)42/h7-13,16-18,20-21,32,34-37H,14-15,19H2,1-6H3/b39-18+,40-38-/t32-,34-,35+,36-,37-/m1/s1. The summed E-state index contributed by atoms with van der Waals surface area (Å²) in [4.78, 5) is 62.0. The van der Waals surface area contributed by atoms with Gasteiger partial charge in [0.15, 0.2) is 24.5 Å². The lowest BCUT2D eigenvalue weighted by molar-refractivity contribution is -0.268. The molecule has 0 saturated carbocycles. The summed E-state index contributed by atoms with van der Waals surface area (Å²) >= 11 is 1.17. The fourth-order valence-corrected chi connectivity index (χ4v) is 6.67. The van der Waals surface area contributed by atoms with Gasteiger partial charge in [0.1, 0.15) is 24.0 Å². The molecule has 1 saturated heterocycles. The van der Waals surface area contributed by atoms with Crippen LogP contribution in [-0.4, -0.2) is 72.3 Å². The van der Waals surface area contributed by atoms with Gasteiger partial charge in [-0.05, 0) is 30.0 Å². The topological polar surface area (TPSA) is 184 Å². The second-order valence-corrected chi connectivity index (χ2v) is 13.6. The van der Waals surface area contributed by atoms with E-state index in [4.69, 9.17) is 32.8 Å². The Morgan fingerprint density at radius 3 is 2.24 bits per heavy atom. The van der Waals surface area contributed by atoms with Gasteiger partial charge in [0.05, 0.1) is 18.5 Å². The van der Waals surface area contributed by atoms with Crippen LogP contribution in [0.1, 0.15) is 59.8 Å². The van der Waals surface area contributed by atoms with E-state index in [9.17, 15) is 24.0 Å². The van der Waals surface area contributed by atoms with Gasteiger partial charge in [0.2, 0.25) is 4.80 Å². The zero-order valence-corrected chi connectivity index (χ0v) is 31.4. The molecule has 54 heavy (non-hydrogen) atoms. The van der Waals surface area contributed by atoms with Gasteiger partial charge in [-0.15, -0.1) is 16.4 Å². The Balaban J connectivity index is 1.63. The van der Waals surface area contributed by atoms with Crippen LogP contribution in [0.3, 0.4) is 0 Å². The summed E-state index contributed by atoms with van der Waals surface area (Å²) in [7, 11) is 0. The van der Waals surface area contributed by atoms with E-state index in [0.717, 1.165) is 20.3 Å². The number of hydrogen-bond acceptors (Lipinski definition) is 15. The summed E-state index contributed by atoms with van der Waals surface area (Å²) in [6.45, 7) is 8.98. The maximum absolute atomic E-state index is 12.6. The third-order valence-electron chi connectivity index (χ3n) is 8.08. The first-order chi connectivity index (χ1) is 25.8. The molecule has 15 nitrogen and oxygen atoms in total. The van der Waals surface area contributed by atoms with Crippen LogP contribution in [0.5, 0.6) is 5.75 Å². The minimum Gasteiger partial charge on any atom is -0.493 e. The minimum absolute atomic E-state index is 0.235. The van der Waals surface area contributed by atoms with E-state index in [1.165, 1.54) is 37.5 Å². The van der Waals surface area contributed by atoms with Gasteiger partial charge < -0.3 is 32.8 Å². The van der Waals surface area contributed by atoms with E-state index in [2.05, 4.69) is 24.1 Å². The van der Waals surface area contributed by atoms with E-state index in [0.29, 0.717) is 46.1 Å². The second-order valence-electron chi connectivity index (χ2n) is 12.8. The summed E-state index contributed by atoms with van der Waals surface area (Å²) in [5, 5.41) is 11.2. The molecule has 0 bridgehead atoms. The van der Waals surface area contributed by atoms with Gasteiger partial charge in [-0.3, -0.25) is 23.7 Å². The highest BCUT2D eigenvalue weighted by molar-refractivity contribution is 7.07. The van der Waals surface area contributed by atoms with Crippen molar-refractivity contribution < 1.29 is 52.0 Å². The summed E-state index contributed by atoms with van der Waals surface area (Å²) in [5.74, 6) is -1.87. The number of thiazole rings is 1. The zero-order valence-electron chi connectivity index (χ0n) is 30.6. The third kappa shape index (κ3) is 10.1. The largest absolute Gasteiger partial charge is 0.493 e. The predicted molar refractivity (Wildman–Crippen MR) is 196 cm³/mol. The number of benzene rings is 2. The Morgan fingerprint density at radius 1 is 0.889 bits per heavy atom. The average Bonchev–Trinajstić information content (AvgIpc) is 3.52. The van der Waals surface area contributed by atoms with Crippen molar-refractivity contribution in [1.82, 2.24) is 4.57 Å². The van der Waals surface area contributed by atoms with Crippen LogP contribution >= 0.6 is 11.3 Å². The van der Waals surface area contributed by atoms with Gasteiger partial charge >= 0.3 is 29.5 Å². The summed E-state index contributed by atoms with van der Waals surface area (Å²) in [6.07, 6.45) is -4.37. The lowest BCUT2D eigenvalue weighted by Gasteiger charge is -2.45. The van der Waals surface area contributed by atoms with Crippen LogP contribution in [0.15, 0.2) is 79.4 Å². The lowest BCUT2D eigenvalue weighted by Crippen LogP contribution is -2.61. The molecule has 4 aromatic rings. The minimum atomic E-state index is -1.41. The SMILES string of the molecule is CC(=O)OC[C@H]1O[C@@H](n2c(-c3ccccc3)cs/c2=N\N=C\c2cc(=O)oc3cc(OCCC(C)C)ccc23)[C@H](OC(C)=O)[C@@H](OC(C)=O)[C@@H]1OC(C)=O. The Labute approximate surface area is 314 Å². The first kappa shape index (κ1) is 39.6. The maximum atomic E-state index is 12.6. The highest BCUT2D eigenvalue weighted by atomic mass is 32.1. The molecule has 2 aromatic carbocycles. The van der Waals surface area contributed by atoms with Crippen molar-refractivity contribution in [3.8, 4) is 17.0 Å². The molecular weight excluding hydrogens is 722 g/mol. The highest BCUT2D eigenvalue weighted by Gasteiger charge is 2.53. The van der Waals surface area contributed by atoms with Crippen LogP contribution in [0.2, 0.25) is 0 Å². The zero-order chi connectivity index (χ0) is 38.9. The molecule has 0 spiro atoms. The van der Waals surface area contributed by atoms with Crippen LogP contribution in [-0.2, 0) is 42.9 Å². The molecule has 2 aromatic heterocycles. The van der Waals surface area contributed by atoms with Gasteiger partial charge in [0, 0.05) is 56.2 Å². The molecule has 3 heterocycles. The smallest absolute Gasteiger partial charge is 0.336 e. The van der Waals surface area contributed by atoms with Crippen molar-refractivity contribution >= 4 is 52.4 Å². The maximum Gasteiger partial charge on any atom is 0.336 e. The van der Waals surface area contributed by atoms with Crippen LogP contribution in [0.4, 0.5) is 0 Å². The Bertz CT molecular complexity index is 2140. The molecule has 1 fully saturated rings. The molecule has 0 amide bonds. The summed E-state index contributed by atoms with van der Waals surface area (Å²) < 4.78 is 41.6. The molecule has 0 aliphatic carbocycles. The Hall–Kier alpha value is -5.61. The Kier molecular flexibility index (Phi) is 13.2. The van der Waals surface area contributed by atoms with Crippen molar-refractivity contribution in [1.29, 1.82) is 0 Å². The highest BCUT2D eigenvalue weighted by Crippen LogP contribution is 2.37. The van der Waals surface area contributed by atoms with Crippen molar-refractivity contribution in [2.45, 2.75) is 78.6 Å². The summed E-state index contributed by atoms with van der Waals surface area (Å²) in [5.41, 5.74) is 1.40. The van der Waals surface area contributed by atoms with Crippen LogP contribution in [0, 0.1) is 5.92 Å². The van der Waals surface area contributed by atoms with E-state index in [-0.39, 0.29) is 4.80 Å². The fraction of sp³-hybridized carbons (Fsp3) is 0.395. The van der Waals surface area contributed by atoms with Gasteiger partial charge in [0.25, 0.3) is 0 Å². The number of esters is 4. The van der Waals surface area contributed by atoms with Crippen LogP contribution in [0.25, 0.3) is 22.2 Å². The summed E-state index contributed by atoms with van der Waals surface area (Å²) in [6, 6.07) is 15.7. The van der Waals surface area contributed by atoms with Crippen molar-refractivity contribution in [2.24, 2.45) is 16.1 Å². The molecule has 5 atom stereocenters. The molecule has 0 unspecified atom stereocenters. The number of rotatable bonds is 13. The van der Waals surface area contributed by atoms with E-state index in [1.54, 1.807) is 28.1 Å². The van der Waals surface area contributed by atoms with E-state index in [1.807, 2.05) is 30.3 Å². The van der Waals surface area contributed by atoms with Crippen molar-refractivity contribution in [3.63, 3.8) is 0 Å². The number of nitrogens with zero attached hydrogens (tertiary/aromatic N) is 3. The van der Waals surface area contributed by atoms with Crippen LogP contribution < -0.4 is 15.2 Å². The van der Waals surface area contributed by atoms with Crippen molar-refractivity contribution in [3.05, 3.63) is 80.8 Å². The quantitative estimate of drug-likeness (QED) is 0.0589. The molecule has 0 radical (unpaired) electrons. The molecular formula is C38H41N3O12S. The normalized spacial score (nSPS) is 20.2. The average molecular weight is 764 g/mol. The molecule has 0 N–H and O–H groups in total. The Morgan fingerprint density at radius 2 is 1.57 bits per heavy atom. The fourth-order valence-electron chi connectivity index (χ4n) is 5.79. The molecule has 1 aliphatic heterocycles. The number of fused-ring (bicyclic) bond motifs is 1.